The highest BCUT2D eigenvalue weighted by Gasteiger charge is 2.12. The zero-order valence-corrected chi connectivity index (χ0v) is 11.1. The van der Waals surface area contributed by atoms with Gasteiger partial charge in [0.05, 0.1) is 17.4 Å². The molecule has 1 heterocycles. The molecule has 0 saturated heterocycles. The minimum Gasteiger partial charge on any atom is -0.478 e. The molecule has 1 amide bonds. The van der Waals surface area contributed by atoms with Gasteiger partial charge in [0.25, 0.3) is 5.91 Å². The number of carboxylic acid groups (broad SMARTS) is 1. The Balaban J connectivity index is 2.26. The van der Waals surface area contributed by atoms with E-state index >= 15 is 0 Å². The number of carboxylic acids is 1. The van der Waals surface area contributed by atoms with Crippen LogP contribution in [0.1, 0.15) is 20.8 Å². The van der Waals surface area contributed by atoms with Crippen molar-refractivity contribution in [1.29, 1.82) is 0 Å². The molecule has 2 rings (SSSR count). The van der Waals surface area contributed by atoms with Gasteiger partial charge in [-0.25, -0.2) is 9.78 Å². The van der Waals surface area contributed by atoms with E-state index in [0.29, 0.717) is 10.2 Å². The van der Waals surface area contributed by atoms with Gasteiger partial charge in [0, 0.05) is 16.9 Å². The summed E-state index contributed by atoms with van der Waals surface area (Å²) < 4.78 is 0.578. The van der Waals surface area contributed by atoms with E-state index in [1.807, 2.05) is 0 Å². The number of benzene rings is 1. The fourth-order valence-corrected chi connectivity index (χ4v) is 1.70. The van der Waals surface area contributed by atoms with E-state index < -0.39 is 11.9 Å². The van der Waals surface area contributed by atoms with E-state index in [2.05, 4.69) is 31.2 Å². The number of aromatic nitrogens is 2. The molecule has 0 aliphatic rings. The Morgan fingerprint density at radius 3 is 2.68 bits per heavy atom. The second-order valence-electron chi connectivity index (χ2n) is 3.54. The Morgan fingerprint density at radius 1 is 1.26 bits per heavy atom. The summed E-state index contributed by atoms with van der Waals surface area (Å²) in [7, 11) is 0. The van der Waals surface area contributed by atoms with Crippen LogP contribution in [0.15, 0.2) is 41.3 Å². The third-order valence-electron chi connectivity index (χ3n) is 2.26. The Hall–Kier alpha value is -2.28. The van der Waals surface area contributed by atoms with Crippen molar-refractivity contribution in [3.05, 3.63) is 52.5 Å². The predicted octanol–water partition coefficient (Wildman–Crippen LogP) is 2.19. The fraction of sp³-hybridized carbons (Fsp3) is 0. The molecule has 7 heteroatoms. The van der Waals surface area contributed by atoms with Crippen LogP contribution in [0, 0.1) is 0 Å². The van der Waals surface area contributed by atoms with Crippen molar-refractivity contribution in [1.82, 2.24) is 9.97 Å². The van der Waals surface area contributed by atoms with Gasteiger partial charge in [-0.05, 0) is 34.1 Å². The number of nitrogens with zero attached hydrogens (tertiary/aromatic N) is 2. The van der Waals surface area contributed by atoms with Gasteiger partial charge in [0.2, 0.25) is 0 Å². The largest absolute Gasteiger partial charge is 0.478 e. The number of carbonyl (C=O) groups excluding carboxylic acids is 1. The minimum atomic E-state index is -1.07. The standard InChI is InChI=1S/C12H8BrN3O3/c13-8-2-1-7(12(18)19)5-9(8)16-11(17)10-6-14-3-4-15-10/h1-6H,(H,16,17)(H,18,19). The van der Waals surface area contributed by atoms with Gasteiger partial charge in [0.15, 0.2) is 0 Å². The number of amides is 1. The quantitative estimate of drug-likeness (QED) is 0.904. The number of rotatable bonds is 3. The molecule has 0 spiro atoms. The number of hydrogen-bond acceptors (Lipinski definition) is 4. The van der Waals surface area contributed by atoms with Crippen LogP contribution in [0.5, 0.6) is 0 Å². The number of carbonyl (C=O) groups is 2. The van der Waals surface area contributed by atoms with Crippen LogP contribution in [0.25, 0.3) is 0 Å². The van der Waals surface area contributed by atoms with Crippen molar-refractivity contribution in [2.45, 2.75) is 0 Å². The molecule has 2 N–H and O–H groups in total. The summed E-state index contributed by atoms with van der Waals surface area (Å²) in [5.41, 5.74) is 0.586. The Kier molecular flexibility index (Phi) is 3.86. The molecule has 0 aliphatic carbocycles. The van der Waals surface area contributed by atoms with E-state index in [4.69, 9.17) is 5.11 Å². The highest BCUT2D eigenvalue weighted by atomic mass is 79.9. The molecule has 1 aromatic carbocycles. The minimum absolute atomic E-state index is 0.0812. The normalized spacial score (nSPS) is 9.95. The molecular formula is C12H8BrN3O3. The highest BCUT2D eigenvalue weighted by molar-refractivity contribution is 9.10. The van der Waals surface area contributed by atoms with E-state index in [1.165, 1.54) is 30.7 Å². The summed E-state index contributed by atoms with van der Waals surface area (Å²) >= 11 is 3.24. The summed E-state index contributed by atoms with van der Waals surface area (Å²) in [5, 5.41) is 11.5. The SMILES string of the molecule is O=C(O)c1ccc(Br)c(NC(=O)c2cnccn2)c1. The first-order valence-electron chi connectivity index (χ1n) is 5.18. The molecule has 0 unspecified atom stereocenters. The molecule has 0 fully saturated rings. The van der Waals surface area contributed by atoms with Crippen LogP contribution in [-0.2, 0) is 0 Å². The number of halogens is 1. The molecule has 6 nitrogen and oxygen atoms in total. The molecule has 0 aliphatic heterocycles. The van der Waals surface area contributed by atoms with Crippen LogP contribution in [0.2, 0.25) is 0 Å². The van der Waals surface area contributed by atoms with Crippen LogP contribution >= 0.6 is 15.9 Å². The fourth-order valence-electron chi connectivity index (χ4n) is 1.36. The molecule has 2 aromatic rings. The van der Waals surface area contributed by atoms with Crippen molar-refractivity contribution >= 4 is 33.5 Å². The average molecular weight is 322 g/mol. The second kappa shape index (κ2) is 5.57. The first kappa shape index (κ1) is 13.2. The summed E-state index contributed by atoms with van der Waals surface area (Å²) in [5.74, 6) is -1.53. The molecule has 0 bridgehead atoms. The molecule has 96 valence electrons. The maximum Gasteiger partial charge on any atom is 0.335 e. The zero-order chi connectivity index (χ0) is 13.8. The summed E-state index contributed by atoms with van der Waals surface area (Å²) in [6.07, 6.45) is 4.18. The van der Waals surface area contributed by atoms with E-state index in [0.717, 1.165) is 0 Å². The number of anilines is 1. The van der Waals surface area contributed by atoms with E-state index in [1.54, 1.807) is 6.07 Å². The van der Waals surface area contributed by atoms with Gasteiger partial charge >= 0.3 is 5.97 Å². The lowest BCUT2D eigenvalue weighted by molar-refractivity contribution is 0.0696. The molecular weight excluding hydrogens is 314 g/mol. The van der Waals surface area contributed by atoms with Crippen molar-refractivity contribution in [2.75, 3.05) is 5.32 Å². The lowest BCUT2D eigenvalue weighted by Crippen LogP contribution is -2.14. The van der Waals surface area contributed by atoms with Crippen molar-refractivity contribution in [3.8, 4) is 0 Å². The third kappa shape index (κ3) is 3.14. The van der Waals surface area contributed by atoms with Gasteiger partial charge < -0.3 is 10.4 Å². The van der Waals surface area contributed by atoms with E-state index in [-0.39, 0.29) is 11.3 Å². The Morgan fingerprint density at radius 2 is 2.05 bits per heavy atom. The number of hydrogen-bond donors (Lipinski definition) is 2. The van der Waals surface area contributed by atoms with Crippen molar-refractivity contribution in [2.24, 2.45) is 0 Å². The monoisotopic (exact) mass is 321 g/mol. The van der Waals surface area contributed by atoms with Gasteiger partial charge in [-0.15, -0.1) is 0 Å². The first-order valence-corrected chi connectivity index (χ1v) is 5.97. The predicted molar refractivity (Wildman–Crippen MR) is 71.1 cm³/mol. The highest BCUT2D eigenvalue weighted by Crippen LogP contribution is 2.24. The van der Waals surface area contributed by atoms with Gasteiger partial charge in [-0.1, -0.05) is 0 Å². The van der Waals surface area contributed by atoms with Crippen LogP contribution in [0.4, 0.5) is 5.69 Å². The summed E-state index contributed by atoms with van der Waals surface area (Å²) in [6, 6.07) is 4.35. The molecule has 19 heavy (non-hydrogen) atoms. The third-order valence-corrected chi connectivity index (χ3v) is 2.95. The lowest BCUT2D eigenvalue weighted by atomic mass is 10.2. The topological polar surface area (TPSA) is 92.2 Å². The first-order chi connectivity index (χ1) is 9.08. The smallest absolute Gasteiger partial charge is 0.335 e. The van der Waals surface area contributed by atoms with Crippen LogP contribution < -0.4 is 5.32 Å². The maximum absolute atomic E-state index is 11.9. The van der Waals surface area contributed by atoms with E-state index in [9.17, 15) is 9.59 Å². The van der Waals surface area contributed by atoms with Crippen LogP contribution in [-0.4, -0.2) is 27.0 Å². The number of nitrogens with one attached hydrogen (secondary N) is 1. The van der Waals surface area contributed by atoms with Gasteiger partial charge in [0.1, 0.15) is 5.69 Å². The molecule has 0 saturated carbocycles. The lowest BCUT2D eigenvalue weighted by Gasteiger charge is -2.07. The van der Waals surface area contributed by atoms with Gasteiger partial charge in [-0.2, -0.15) is 0 Å². The van der Waals surface area contributed by atoms with Crippen LogP contribution in [0.3, 0.4) is 0 Å². The zero-order valence-electron chi connectivity index (χ0n) is 9.50. The maximum atomic E-state index is 11.9. The molecule has 0 radical (unpaired) electrons. The Bertz CT molecular complexity index is 631. The molecule has 0 atom stereocenters. The second-order valence-corrected chi connectivity index (χ2v) is 4.40. The van der Waals surface area contributed by atoms with Crippen molar-refractivity contribution < 1.29 is 14.7 Å². The Labute approximate surface area is 116 Å². The van der Waals surface area contributed by atoms with Crippen molar-refractivity contribution in [3.63, 3.8) is 0 Å². The van der Waals surface area contributed by atoms with Gasteiger partial charge in [-0.3, -0.25) is 9.78 Å². The summed E-state index contributed by atoms with van der Waals surface area (Å²) in [4.78, 5) is 30.4. The molecule has 1 aromatic heterocycles. The number of aromatic carboxylic acids is 1. The summed E-state index contributed by atoms with van der Waals surface area (Å²) in [6.45, 7) is 0. The average Bonchev–Trinajstić information content (AvgIpc) is 2.42.